The number of nitrogens with zero attached hydrogens (tertiary/aromatic N) is 3. The average Bonchev–Trinajstić information content (AvgIpc) is 2.56. The summed E-state index contributed by atoms with van der Waals surface area (Å²) in [5.74, 6) is 0.697. The number of hydrogen-bond donors (Lipinski definition) is 0. The zero-order valence-corrected chi connectivity index (χ0v) is 9.32. The van der Waals surface area contributed by atoms with Gasteiger partial charge in [0.15, 0.2) is 5.65 Å². The molecule has 0 spiro atoms. The third kappa shape index (κ3) is 1.79. The third-order valence-electron chi connectivity index (χ3n) is 2.36. The van der Waals surface area contributed by atoms with Crippen LogP contribution in [0.5, 0.6) is 5.88 Å². The number of methoxy groups -OCH3 is 1. The summed E-state index contributed by atoms with van der Waals surface area (Å²) in [6.07, 6.45) is 4.05. The summed E-state index contributed by atoms with van der Waals surface area (Å²) >= 11 is 0. The molecule has 0 aliphatic heterocycles. The standard InChI is InChI=1S/C11H15N3O/c1-4-5-8-6-9-7-14(2)13-10(9)12-11(8)15-3/h6-7H,4-5H2,1-3H3. The minimum atomic E-state index is 0.697. The number of pyridine rings is 1. The van der Waals surface area contributed by atoms with Gasteiger partial charge in [0.25, 0.3) is 0 Å². The van der Waals surface area contributed by atoms with Gasteiger partial charge in [-0.05, 0) is 12.5 Å². The summed E-state index contributed by atoms with van der Waals surface area (Å²) in [5, 5.41) is 5.32. The van der Waals surface area contributed by atoms with E-state index in [9.17, 15) is 0 Å². The van der Waals surface area contributed by atoms with Crippen LogP contribution in [0, 0.1) is 0 Å². The average molecular weight is 205 g/mol. The number of ether oxygens (including phenoxy) is 1. The molecular formula is C11H15N3O. The molecule has 15 heavy (non-hydrogen) atoms. The fourth-order valence-corrected chi connectivity index (χ4v) is 1.73. The Balaban J connectivity index is 2.57. The molecule has 80 valence electrons. The van der Waals surface area contributed by atoms with Gasteiger partial charge in [0.05, 0.1) is 7.11 Å². The van der Waals surface area contributed by atoms with E-state index < -0.39 is 0 Å². The van der Waals surface area contributed by atoms with E-state index >= 15 is 0 Å². The highest BCUT2D eigenvalue weighted by Gasteiger charge is 2.08. The molecule has 0 bridgehead atoms. The molecule has 0 N–H and O–H groups in total. The van der Waals surface area contributed by atoms with Crippen LogP contribution in [-0.4, -0.2) is 21.9 Å². The Labute approximate surface area is 88.9 Å². The zero-order valence-electron chi connectivity index (χ0n) is 9.32. The van der Waals surface area contributed by atoms with Crippen molar-refractivity contribution >= 4 is 11.0 Å². The lowest BCUT2D eigenvalue weighted by Crippen LogP contribution is -1.95. The van der Waals surface area contributed by atoms with Crippen molar-refractivity contribution in [3.8, 4) is 5.88 Å². The fourth-order valence-electron chi connectivity index (χ4n) is 1.73. The highest BCUT2D eigenvalue weighted by Crippen LogP contribution is 2.22. The van der Waals surface area contributed by atoms with Crippen molar-refractivity contribution in [2.75, 3.05) is 7.11 Å². The first kappa shape index (κ1) is 9.96. The van der Waals surface area contributed by atoms with Gasteiger partial charge in [-0.15, -0.1) is 0 Å². The monoisotopic (exact) mass is 205 g/mol. The molecule has 2 rings (SSSR count). The highest BCUT2D eigenvalue weighted by atomic mass is 16.5. The maximum atomic E-state index is 5.25. The van der Waals surface area contributed by atoms with Crippen molar-refractivity contribution in [3.63, 3.8) is 0 Å². The lowest BCUT2D eigenvalue weighted by molar-refractivity contribution is 0.393. The normalized spacial score (nSPS) is 10.9. The molecule has 0 unspecified atom stereocenters. The first-order valence-corrected chi connectivity index (χ1v) is 5.12. The number of aryl methyl sites for hydroxylation is 2. The number of aromatic nitrogens is 3. The van der Waals surface area contributed by atoms with Crippen LogP contribution in [-0.2, 0) is 13.5 Å². The van der Waals surface area contributed by atoms with E-state index in [1.807, 2.05) is 13.2 Å². The van der Waals surface area contributed by atoms with Gasteiger partial charge < -0.3 is 4.74 Å². The molecule has 0 atom stereocenters. The molecule has 4 nitrogen and oxygen atoms in total. The molecule has 0 aromatic carbocycles. The number of fused-ring (bicyclic) bond motifs is 1. The van der Waals surface area contributed by atoms with Gasteiger partial charge in [-0.25, -0.2) is 0 Å². The molecule has 2 aromatic rings. The molecule has 0 radical (unpaired) electrons. The van der Waals surface area contributed by atoms with Crippen LogP contribution >= 0.6 is 0 Å². The Hall–Kier alpha value is -1.58. The third-order valence-corrected chi connectivity index (χ3v) is 2.36. The largest absolute Gasteiger partial charge is 0.481 e. The van der Waals surface area contributed by atoms with Crippen LogP contribution in [0.25, 0.3) is 11.0 Å². The van der Waals surface area contributed by atoms with Gasteiger partial charge >= 0.3 is 0 Å². The number of rotatable bonds is 3. The molecule has 4 heteroatoms. The molecule has 2 aromatic heterocycles. The van der Waals surface area contributed by atoms with Crippen molar-refractivity contribution in [2.45, 2.75) is 19.8 Å². The Bertz CT molecular complexity index is 476. The van der Waals surface area contributed by atoms with E-state index in [2.05, 4.69) is 23.1 Å². The van der Waals surface area contributed by atoms with Crippen molar-refractivity contribution < 1.29 is 4.74 Å². The second-order valence-electron chi connectivity index (χ2n) is 3.62. The van der Waals surface area contributed by atoms with Crippen molar-refractivity contribution in [3.05, 3.63) is 17.8 Å². The van der Waals surface area contributed by atoms with Crippen LogP contribution in [0.4, 0.5) is 0 Å². The van der Waals surface area contributed by atoms with Crippen LogP contribution in [0.15, 0.2) is 12.3 Å². The van der Waals surface area contributed by atoms with Gasteiger partial charge in [-0.3, -0.25) is 4.68 Å². The van der Waals surface area contributed by atoms with Crippen molar-refractivity contribution in [2.24, 2.45) is 7.05 Å². The Morgan fingerprint density at radius 3 is 2.93 bits per heavy atom. The second kappa shape index (κ2) is 3.88. The lowest BCUT2D eigenvalue weighted by atomic mass is 10.1. The van der Waals surface area contributed by atoms with Crippen LogP contribution in [0.3, 0.4) is 0 Å². The summed E-state index contributed by atoms with van der Waals surface area (Å²) in [5.41, 5.74) is 1.90. The van der Waals surface area contributed by atoms with Gasteiger partial charge in [-0.2, -0.15) is 10.1 Å². The van der Waals surface area contributed by atoms with E-state index in [1.165, 1.54) is 0 Å². The van der Waals surface area contributed by atoms with E-state index in [0.717, 1.165) is 29.4 Å². The molecular weight excluding hydrogens is 190 g/mol. The lowest BCUT2D eigenvalue weighted by Gasteiger charge is -2.05. The first-order chi connectivity index (χ1) is 7.24. The molecule has 0 fully saturated rings. The summed E-state index contributed by atoms with van der Waals surface area (Å²) < 4.78 is 7.03. The van der Waals surface area contributed by atoms with E-state index in [4.69, 9.17) is 4.74 Å². The Kier molecular flexibility index (Phi) is 2.58. The van der Waals surface area contributed by atoms with E-state index in [-0.39, 0.29) is 0 Å². The quantitative estimate of drug-likeness (QED) is 0.768. The summed E-state index contributed by atoms with van der Waals surface area (Å²) in [6.45, 7) is 2.15. The molecule has 0 amide bonds. The Morgan fingerprint density at radius 2 is 2.27 bits per heavy atom. The van der Waals surface area contributed by atoms with Gasteiger partial charge in [0.2, 0.25) is 5.88 Å². The Morgan fingerprint density at radius 1 is 1.47 bits per heavy atom. The van der Waals surface area contributed by atoms with Crippen LogP contribution in [0.2, 0.25) is 0 Å². The van der Waals surface area contributed by atoms with E-state index in [1.54, 1.807) is 11.8 Å². The topological polar surface area (TPSA) is 39.9 Å². The van der Waals surface area contributed by atoms with Crippen LogP contribution < -0.4 is 4.74 Å². The minimum Gasteiger partial charge on any atom is -0.481 e. The second-order valence-corrected chi connectivity index (χ2v) is 3.62. The van der Waals surface area contributed by atoms with Crippen molar-refractivity contribution in [1.82, 2.24) is 14.8 Å². The highest BCUT2D eigenvalue weighted by molar-refractivity contribution is 5.75. The van der Waals surface area contributed by atoms with Crippen LogP contribution in [0.1, 0.15) is 18.9 Å². The molecule has 0 saturated heterocycles. The molecule has 2 heterocycles. The first-order valence-electron chi connectivity index (χ1n) is 5.12. The predicted octanol–water partition coefficient (Wildman–Crippen LogP) is 1.93. The smallest absolute Gasteiger partial charge is 0.218 e. The molecule has 0 saturated carbocycles. The van der Waals surface area contributed by atoms with E-state index in [0.29, 0.717) is 5.88 Å². The van der Waals surface area contributed by atoms with Gasteiger partial charge in [-0.1, -0.05) is 13.3 Å². The fraction of sp³-hybridized carbons (Fsp3) is 0.455. The summed E-state index contributed by atoms with van der Waals surface area (Å²) in [4.78, 5) is 4.38. The summed E-state index contributed by atoms with van der Waals surface area (Å²) in [6, 6.07) is 2.11. The predicted molar refractivity (Wildman–Crippen MR) is 59.1 cm³/mol. The van der Waals surface area contributed by atoms with Crippen molar-refractivity contribution in [1.29, 1.82) is 0 Å². The van der Waals surface area contributed by atoms with Gasteiger partial charge in [0.1, 0.15) is 0 Å². The number of hydrogen-bond acceptors (Lipinski definition) is 3. The zero-order chi connectivity index (χ0) is 10.8. The minimum absolute atomic E-state index is 0.697. The molecule has 0 aliphatic carbocycles. The molecule has 0 aliphatic rings. The maximum absolute atomic E-state index is 5.25. The van der Waals surface area contributed by atoms with Gasteiger partial charge in [0, 0.05) is 24.2 Å². The SMILES string of the molecule is CCCc1cc2cn(C)nc2nc1OC. The maximum Gasteiger partial charge on any atom is 0.218 e. The summed E-state index contributed by atoms with van der Waals surface area (Å²) in [7, 11) is 3.55.